The molecule has 1 aromatic carbocycles. The summed E-state index contributed by atoms with van der Waals surface area (Å²) >= 11 is 0. The first kappa shape index (κ1) is 26.9. The summed E-state index contributed by atoms with van der Waals surface area (Å²) in [7, 11) is 0. The second kappa shape index (κ2) is 10.1. The van der Waals surface area contributed by atoms with Gasteiger partial charge in [0.05, 0.1) is 12.2 Å². The van der Waals surface area contributed by atoms with Gasteiger partial charge in [0, 0.05) is 24.4 Å². The minimum Gasteiger partial charge on any atom is -0.347 e. The topological polar surface area (TPSA) is 118 Å². The fourth-order valence-electron chi connectivity index (χ4n) is 4.87. The molecular formula is C27H22F4N6O3. The Morgan fingerprint density at radius 1 is 1.12 bits per heavy atom. The van der Waals surface area contributed by atoms with Gasteiger partial charge in [-0.15, -0.1) is 0 Å². The summed E-state index contributed by atoms with van der Waals surface area (Å²) in [5, 5.41) is 9.19. The number of amides is 2. The van der Waals surface area contributed by atoms with E-state index in [0.29, 0.717) is 18.4 Å². The number of fused-ring (bicyclic) bond motifs is 2. The van der Waals surface area contributed by atoms with Crippen LogP contribution in [0.3, 0.4) is 0 Å². The Balaban J connectivity index is 1.39. The Labute approximate surface area is 224 Å². The van der Waals surface area contributed by atoms with Gasteiger partial charge in [-0.3, -0.25) is 19.4 Å². The van der Waals surface area contributed by atoms with E-state index in [1.165, 1.54) is 13.0 Å². The minimum absolute atomic E-state index is 0.0526. The lowest BCUT2D eigenvalue weighted by atomic mass is 9.96. The number of ketones is 1. The summed E-state index contributed by atoms with van der Waals surface area (Å²) < 4.78 is 54.3. The zero-order valence-electron chi connectivity index (χ0n) is 21.3. The lowest BCUT2D eigenvalue weighted by Gasteiger charge is -2.16. The van der Waals surface area contributed by atoms with E-state index >= 15 is 0 Å². The number of alkyl halides is 3. The molecule has 4 aromatic rings. The number of halogens is 4. The van der Waals surface area contributed by atoms with Crippen molar-refractivity contribution < 1.29 is 31.9 Å². The van der Waals surface area contributed by atoms with Crippen molar-refractivity contribution in [2.24, 2.45) is 0 Å². The molecule has 1 aliphatic rings. The number of pyridine rings is 1. The molecule has 206 valence electrons. The average Bonchev–Trinajstić information content (AvgIpc) is 3.50. The van der Waals surface area contributed by atoms with Crippen molar-refractivity contribution in [3.63, 3.8) is 0 Å². The predicted molar refractivity (Wildman–Crippen MR) is 133 cm³/mol. The fraction of sp³-hybridized carbons (Fsp3) is 0.259. The molecule has 9 nitrogen and oxygen atoms in total. The van der Waals surface area contributed by atoms with Crippen molar-refractivity contribution in [2.75, 3.05) is 0 Å². The van der Waals surface area contributed by atoms with Crippen LogP contribution in [0.1, 0.15) is 78.7 Å². The van der Waals surface area contributed by atoms with Gasteiger partial charge in [-0.2, -0.15) is 18.3 Å². The molecule has 1 atom stereocenters. The molecule has 13 heteroatoms. The Bertz CT molecular complexity index is 1680. The first-order valence-electron chi connectivity index (χ1n) is 12.2. The van der Waals surface area contributed by atoms with Gasteiger partial charge < -0.3 is 10.6 Å². The Kier molecular flexibility index (Phi) is 6.82. The molecule has 0 saturated carbocycles. The smallest absolute Gasteiger partial charge is 0.347 e. The van der Waals surface area contributed by atoms with E-state index in [9.17, 15) is 31.9 Å². The maximum absolute atomic E-state index is 14.4. The SMILES string of the molecule is CC(=O)c1ccc2c(c1C)CC[C@@H]2NC(=O)c1cc(C(=O)NCc2ccnc(C(F)(F)F)c2)nc2c(F)cnn12. The van der Waals surface area contributed by atoms with Crippen LogP contribution in [0.25, 0.3) is 5.65 Å². The minimum atomic E-state index is -4.65. The van der Waals surface area contributed by atoms with Gasteiger partial charge in [0.1, 0.15) is 17.1 Å². The first-order chi connectivity index (χ1) is 18.9. The molecule has 2 N–H and O–H groups in total. The van der Waals surface area contributed by atoms with E-state index in [1.807, 2.05) is 6.92 Å². The summed E-state index contributed by atoms with van der Waals surface area (Å²) in [6.45, 7) is 3.06. The second-order valence-corrected chi connectivity index (χ2v) is 9.41. The molecule has 0 bridgehead atoms. The molecule has 0 aliphatic heterocycles. The molecule has 2 amide bonds. The lowest BCUT2D eigenvalue weighted by molar-refractivity contribution is -0.141. The van der Waals surface area contributed by atoms with Crippen LogP contribution < -0.4 is 10.6 Å². The number of hydrogen-bond acceptors (Lipinski definition) is 6. The van der Waals surface area contributed by atoms with Crippen molar-refractivity contribution in [1.82, 2.24) is 30.2 Å². The molecule has 3 heterocycles. The van der Waals surface area contributed by atoms with Crippen LogP contribution in [-0.2, 0) is 19.1 Å². The highest BCUT2D eigenvalue weighted by atomic mass is 19.4. The van der Waals surface area contributed by atoms with Gasteiger partial charge in [0.25, 0.3) is 11.8 Å². The van der Waals surface area contributed by atoms with Crippen molar-refractivity contribution in [3.05, 3.63) is 93.4 Å². The van der Waals surface area contributed by atoms with Crippen LogP contribution in [0.2, 0.25) is 0 Å². The Morgan fingerprint density at radius 2 is 1.90 bits per heavy atom. The van der Waals surface area contributed by atoms with Crippen molar-refractivity contribution in [2.45, 2.75) is 45.5 Å². The van der Waals surface area contributed by atoms with E-state index in [1.54, 1.807) is 12.1 Å². The number of nitrogens with one attached hydrogen (secondary N) is 2. The molecule has 0 unspecified atom stereocenters. The third kappa shape index (κ3) is 5.01. The number of benzene rings is 1. The van der Waals surface area contributed by atoms with E-state index < -0.39 is 35.5 Å². The van der Waals surface area contributed by atoms with E-state index in [0.717, 1.165) is 45.7 Å². The Morgan fingerprint density at radius 3 is 2.62 bits per heavy atom. The summed E-state index contributed by atoms with van der Waals surface area (Å²) in [5.41, 5.74) is 1.49. The van der Waals surface area contributed by atoms with Gasteiger partial charge in [-0.1, -0.05) is 12.1 Å². The highest BCUT2D eigenvalue weighted by molar-refractivity contribution is 5.99. The predicted octanol–water partition coefficient (Wildman–Crippen LogP) is 4.14. The van der Waals surface area contributed by atoms with Gasteiger partial charge >= 0.3 is 6.18 Å². The van der Waals surface area contributed by atoms with E-state index in [-0.39, 0.29) is 34.9 Å². The van der Waals surface area contributed by atoms with Crippen LogP contribution >= 0.6 is 0 Å². The Hall–Kier alpha value is -4.68. The largest absolute Gasteiger partial charge is 0.433 e. The number of rotatable bonds is 6. The highest BCUT2D eigenvalue weighted by Crippen LogP contribution is 2.35. The number of nitrogens with zero attached hydrogens (tertiary/aromatic N) is 4. The van der Waals surface area contributed by atoms with E-state index in [4.69, 9.17) is 0 Å². The number of hydrogen-bond donors (Lipinski definition) is 2. The fourth-order valence-corrected chi connectivity index (χ4v) is 4.87. The molecule has 5 rings (SSSR count). The number of carbonyl (C=O) groups excluding carboxylic acids is 3. The third-order valence-electron chi connectivity index (χ3n) is 6.84. The molecule has 0 spiro atoms. The first-order valence-corrected chi connectivity index (χ1v) is 12.2. The van der Waals surface area contributed by atoms with Gasteiger partial charge in [-0.25, -0.2) is 13.9 Å². The number of carbonyl (C=O) groups is 3. The third-order valence-corrected chi connectivity index (χ3v) is 6.84. The van der Waals surface area contributed by atoms with Crippen LogP contribution in [0.4, 0.5) is 17.6 Å². The molecule has 0 fully saturated rings. The maximum atomic E-state index is 14.4. The summed E-state index contributed by atoms with van der Waals surface area (Å²) in [6.07, 6.45) is -1.60. The molecule has 40 heavy (non-hydrogen) atoms. The summed E-state index contributed by atoms with van der Waals surface area (Å²) in [4.78, 5) is 45.4. The van der Waals surface area contributed by atoms with Gasteiger partial charge in [-0.05, 0) is 61.1 Å². The van der Waals surface area contributed by atoms with Crippen LogP contribution in [-0.4, -0.2) is 37.2 Å². The average molecular weight is 555 g/mol. The normalized spacial score (nSPS) is 14.7. The van der Waals surface area contributed by atoms with Crippen molar-refractivity contribution in [1.29, 1.82) is 0 Å². The van der Waals surface area contributed by atoms with E-state index in [2.05, 4.69) is 25.7 Å². The molecule has 3 aromatic heterocycles. The van der Waals surface area contributed by atoms with Crippen LogP contribution in [0.15, 0.2) is 42.7 Å². The highest BCUT2D eigenvalue weighted by Gasteiger charge is 2.32. The zero-order valence-corrected chi connectivity index (χ0v) is 21.3. The standard InChI is InChI=1S/C27H22F4N6O3/c1-13-16(14(2)38)3-4-18-17(13)5-6-20(18)36-26(40)22-10-21(35-24-19(28)12-34-37(22)24)25(39)33-11-15-7-8-32-23(9-15)27(29,30)31/h3-4,7-10,12,20H,5-6,11H2,1-2H3,(H,33,39)(H,36,40)/t20-/m0/s1. The molecule has 0 radical (unpaired) electrons. The lowest BCUT2D eigenvalue weighted by Crippen LogP contribution is -2.30. The van der Waals surface area contributed by atoms with Crippen molar-refractivity contribution >= 4 is 23.2 Å². The maximum Gasteiger partial charge on any atom is 0.433 e. The molecular weight excluding hydrogens is 532 g/mol. The molecule has 1 aliphatic carbocycles. The molecule has 0 saturated heterocycles. The van der Waals surface area contributed by atoms with Crippen LogP contribution in [0.5, 0.6) is 0 Å². The van der Waals surface area contributed by atoms with Gasteiger partial charge in [0.15, 0.2) is 17.2 Å². The van der Waals surface area contributed by atoms with Gasteiger partial charge in [0.2, 0.25) is 0 Å². The zero-order chi connectivity index (χ0) is 28.8. The second-order valence-electron chi connectivity index (χ2n) is 9.41. The quantitative estimate of drug-likeness (QED) is 0.273. The summed E-state index contributed by atoms with van der Waals surface area (Å²) in [5.74, 6) is -2.39. The van der Waals surface area contributed by atoms with Crippen molar-refractivity contribution in [3.8, 4) is 0 Å². The number of Topliss-reactive ketones (excluding diaryl/α,β-unsaturated/α-hetero) is 1. The summed E-state index contributed by atoms with van der Waals surface area (Å²) in [6, 6.07) is 6.37. The van der Waals surface area contributed by atoms with Crippen LogP contribution in [0, 0.1) is 12.7 Å². The monoisotopic (exact) mass is 554 g/mol. The number of aromatic nitrogens is 4.